The maximum atomic E-state index is 3.64. The Morgan fingerprint density at radius 2 is 2.05 bits per heavy atom. The first-order valence-electron chi connectivity index (χ1n) is 8.73. The summed E-state index contributed by atoms with van der Waals surface area (Å²) in [5.41, 5.74) is 1.74. The smallest absolute Gasteiger partial charge is 0.0279 e. The predicted octanol–water partition coefficient (Wildman–Crippen LogP) is 4.68. The number of hydrogen-bond acceptors (Lipinski definition) is 1. The number of rotatable bonds is 4. The fourth-order valence-corrected chi connectivity index (χ4v) is 4.96. The van der Waals surface area contributed by atoms with Gasteiger partial charge in [0, 0.05) is 6.04 Å². The lowest BCUT2D eigenvalue weighted by molar-refractivity contribution is 0.291. The largest absolute Gasteiger partial charge is 0.313 e. The van der Waals surface area contributed by atoms with Crippen molar-refractivity contribution in [2.45, 2.75) is 76.7 Å². The van der Waals surface area contributed by atoms with E-state index in [1.54, 1.807) is 12.0 Å². The van der Waals surface area contributed by atoms with Crippen molar-refractivity contribution in [3.8, 4) is 0 Å². The van der Waals surface area contributed by atoms with Crippen LogP contribution < -0.4 is 5.32 Å². The minimum atomic E-state index is 0.683. The van der Waals surface area contributed by atoms with Crippen molar-refractivity contribution in [1.29, 1.82) is 0 Å². The summed E-state index contributed by atoms with van der Waals surface area (Å²) >= 11 is 0. The summed E-state index contributed by atoms with van der Waals surface area (Å²) in [7, 11) is 2.18. The highest BCUT2D eigenvalue weighted by atomic mass is 14.9. The molecule has 0 spiro atoms. The molecule has 1 heteroatoms. The maximum absolute atomic E-state index is 3.64. The Labute approximate surface area is 119 Å². The van der Waals surface area contributed by atoms with E-state index < -0.39 is 0 Å². The first-order valence-corrected chi connectivity index (χ1v) is 8.73. The molecule has 0 amide bonds. The van der Waals surface area contributed by atoms with Gasteiger partial charge in [0.2, 0.25) is 0 Å². The van der Waals surface area contributed by atoms with E-state index in [9.17, 15) is 0 Å². The van der Waals surface area contributed by atoms with E-state index in [2.05, 4.69) is 18.4 Å². The van der Waals surface area contributed by atoms with Gasteiger partial charge in [-0.15, -0.1) is 0 Å². The second-order valence-corrected chi connectivity index (χ2v) is 7.24. The van der Waals surface area contributed by atoms with Crippen LogP contribution in [0.2, 0.25) is 0 Å². The molecule has 0 radical (unpaired) electrons. The van der Waals surface area contributed by atoms with Crippen molar-refractivity contribution in [2.24, 2.45) is 17.8 Å². The van der Waals surface area contributed by atoms with Gasteiger partial charge in [0.05, 0.1) is 0 Å². The monoisotopic (exact) mass is 261 g/mol. The Bertz CT molecular complexity index is 320. The minimum absolute atomic E-state index is 0.683. The van der Waals surface area contributed by atoms with Gasteiger partial charge in [0.1, 0.15) is 0 Å². The molecule has 4 unspecified atom stereocenters. The molecule has 1 nitrogen and oxygen atoms in total. The molecule has 2 bridgehead atoms. The molecule has 3 rings (SSSR count). The Morgan fingerprint density at radius 3 is 2.79 bits per heavy atom. The summed E-state index contributed by atoms with van der Waals surface area (Å²) < 4.78 is 0. The second kappa shape index (κ2) is 6.43. The van der Waals surface area contributed by atoms with Crippen molar-refractivity contribution in [2.75, 3.05) is 7.05 Å². The van der Waals surface area contributed by atoms with Crippen LogP contribution >= 0.6 is 0 Å². The van der Waals surface area contributed by atoms with Gasteiger partial charge in [-0.1, -0.05) is 30.9 Å². The fourth-order valence-electron chi connectivity index (χ4n) is 4.96. The summed E-state index contributed by atoms with van der Waals surface area (Å²) in [5, 5.41) is 3.64. The van der Waals surface area contributed by atoms with Crippen molar-refractivity contribution in [3.63, 3.8) is 0 Å². The van der Waals surface area contributed by atoms with Crippen LogP contribution in [0.1, 0.15) is 70.6 Å². The van der Waals surface area contributed by atoms with Gasteiger partial charge in [-0.25, -0.2) is 0 Å². The fraction of sp³-hybridized carbons (Fsp3) is 0.889. The average Bonchev–Trinajstić information content (AvgIpc) is 2.98. The summed E-state index contributed by atoms with van der Waals surface area (Å²) in [6, 6.07) is 0.683. The molecule has 0 aliphatic heterocycles. The van der Waals surface area contributed by atoms with Crippen molar-refractivity contribution in [1.82, 2.24) is 5.32 Å². The van der Waals surface area contributed by atoms with Gasteiger partial charge < -0.3 is 5.32 Å². The maximum Gasteiger partial charge on any atom is 0.0279 e. The molecular weight excluding hydrogens is 230 g/mol. The Hall–Kier alpha value is -0.300. The first kappa shape index (κ1) is 13.7. The highest BCUT2D eigenvalue weighted by Gasteiger charge is 2.40. The Balaban J connectivity index is 1.59. The molecule has 3 aliphatic rings. The summed E-state index contributed by atoms with van der Waals surface area (Å²) in [6.07, 6.45) is 18.6. The molecule has 1 N–H and O–H groups in total. The number of hydrogen-bond donors (Lipinski definition) is 1. The topological polar surface area (TPSA) is 12.0 Å². The summed E-state index contributed by atoms with van der Waals surface area (Å²) in [4.78, 5) is 0. The van der Waals surface area contributed by atoms with Crippen molar-refractivity contribution >= 4 is 0 Å². The van der Waals surface area contributed by atoms with E-state index in [1.165, 1.54) is 64.2 Å². The minimum Gasteiger partial charge on any atom is -0.313 e. The molecule has 3 aliphatic carbocycles. The van der Waals surface area contributed by atoms with Gasteiger partial charge >= 0.3 is 0 Å². The van der Waals surface area contributed by atoms with Crippen LogP contribution in [-0.2, 0) is 0 Å². The zero-order valence-electron chi connectivity index (χ0n) is 12.7. The quantitative estimate of drug-likeness (QED) is 0.724. The van der Waals surface area contributed by atoms with Crippen LogP contribution in [-0.4, -0.2) is 13.1 Å². The van der Waals surface area contributed by atoms with Gasteiger partial charge in [-0.3, -0.25) is 0 Å². The molecule has 2 fully saturated rings. The molecule has 4 atom stereocenters. The third-order valence-electron chi connectivity index (χ3n) is 6.05. The van der Waals surface area contributed by atoms with Crippen LogP contribution in [0.3, 0.4) is 0 Å². The lowest BCUT2D eigenvalue weighted by Crippen LogP contribution is -2.31. The average molecular weight is 261 g/mol. The normalized spacial score (nSPS) is 36.7. The molecule has 2 saturated carbocycles. The Kier molecular flexibility index (Phi) is 4.63. The molecular formula is C18H31N. The van der Waals surface area contributed by atoms with Crippen LogP contribution in [0.4, 0.5) is 0 Å². The zero-order chi connectivity index (χ0) is 13.1. The number of fused-ring (bicyclic) bond motifs is 2. The van der Waals surface area contributed by atoms with Gasteiger partial charge in [-0.2, -0.15) is 0 Å². The van der Waals surface area contributed by atoms with Crippen LogP contribution in [0.5, 0.6) is 0 Å². The summed E-state index contributed by atoms with van der Waals surface area (Å²) in [5.74, 6) is 3.20. The first-order chi connectivity index (χ1) is 9.36. The summed E-state index contributed by atoms with van der Waals surface area (Å²) in [6.45, 7) is 0. The lowest BCUT2D eigenvalue weighted by Gasteiger charge is -2.29. The third-order valence-corrected chi connectivity index (χ3v) is 6.05. The molecule has 108 valence electrons. The van der Waals surface area contributed by atoms with E-state index in [-0.39, 0.29) is 0 Å². The third kappa shape index (κ3) is 3.24. The zero-order valence-corrected chi connectivity index (χ0v) is 12.7. The SMILES string of the molecule is CNC(CC1CC2CCC1C2)C1=CCCCCCC1. The van der Waals surface area contributed by atoms with E-state index in [1.807, 2.05) is 0 Å². The molecule has 0 aromatic rings. The highest BCUT2D eigenvalue weighted by Crippen LogP contribution is 2.50. The van der Waals surface area contributed by atoms with Crippen molar-refractivity contribution in [3.05, 3.63) is 11.6 Å². The van der Waals surface area contributed by atoms with E-state index >= 15 is 0 Å². The Morgan fingerprint density at radius 1 is 1.16 bits per heavy atom. The van der Waals surface area contributed by atoms with E-state index in [0.717, 1.165) is 17.8 Å². The molecule has 0 saturated heterocycles. The highest BCUT2D eigenvalue weighted by molar-refractivity contribution is 5.12. The van der Waals surface area contributed by atoms with Gasteiger partial charge in [0.15, 0.2) is 0 Å². The molecule has 0 heterocycles. The lowest BCUT2D eigenvalue weighted by atomic mass is 9.81. The van der Waals surface area contributed by atoms with Crippen LogP contribution in [0.15, 0.2) is 11.6 Å². The number of allylic oxidation sites excluding steroid dienone is 1. The van der Waals surface area contributed by atoms with E-state index in [0.29, 0.717) is 6.04 Å². The van der Waals surface area contributed by atoms with Gasteiger partial charge in [0.25, 0.3) is 0 Å². The van der Waals surface area contributed by atoms with Crippen LogP contribution in [0, 0.1) is 17.8 Å². The number of nitrogens with one attached hydrogen (secondary N) is 1. The molecule has 0 aromatic carbocycles. The van der Waals surface area contributed by atoms with Crippen LogP contribution in [0.25, 0.3) is 0 Å². The number of likely N-dealkylation sites (N-methyl/N-ethyl adjacent to an activating group) is 1. The predicted molar refractivity (Wildman–Crippen MR) is 82.2 cm³/mol. The molecule has 0 aromatic heterocycles. The van der Waals surface area contributed by atoms with Gasteiger partial charge in [-0.05, 0) is 76.2 Å². The standard InChI is InChI=1S/C18H31N/c1-19-18(15-7-5-3-2-4-6-8-15)13-17-12-14-9-10-16(17)11-14/h7,14,16-19H,2-6,8-13H2,1H3. The van der Waals surface area contributed by atoms with E-state index in [4.69, 9.17) is 0 Å². The second-order valence-electron chi connectivity index (χ2n) is 7.24. The molecule has 19 heavy (non-hydrogen) atoms. The van der Waals surface area contributed by atoms with Crippen molar-refractivity contribution < 1.29 is 0 Å².